The average Bonchev–Trinajstić information content (AvgIpc) is 1.97. The summed E-state index contributed by atoms with van der Waals surface area (Å²) in [5, 5.41) is 10.2. The molecule has 0 saturated carbocycles. The Balaban J connectivity index is 2.77. The van der Waals surface area contributed by atoms with Crippen molar-refractivity contribution in [1.29, 1.82) is 0 Å². The van der Waals surface area contributed by atoms with Crippen molar-refractivity contribution in [3.8, 4) is 0 Å². The van der Waals surface area contributed by atoms with Gasteiger partial charge in [-0.15, -0.1) is 0 Å². The van der Waals surface area contributed by atoms with Crippen LogP contribution in [0.4, 0.5) is 0 Å². The normalized spacial score (nSPS) is 36.8. The predicted molar refractivity (Wildman–Crippen MR) is 49.9 cm³/mol. The third kappa shape index (κ3) is 1.49. The maximum atomic E-state index is 10.2. The van der Waals surface area contributed by atoms with E-state index < -0.39 is 5.60 Å². The molecule has 0 aliphatic carbocycles. The first-order valence-electron chi connectivity index (χ1n) is 4.52. The Morgan fingerprint density at radius 2 is 2.08 bits per heavy atom. The van der Waals surface area contributed by atoms with Gasteiger partial charge in [-0.1, -0.05) is 13.8 Å². The standard InChI is InChI=1S/C9H20N2O/c1-8(2)7-11(3)5-4-9(8,12)6-10/h12H,4-7,10H2,1-3H3. The van der Waals surface area contributed by atoms with Crippen LogP contribution in [0.2, 0.25) is 0 Å². The summed E-state index contributed by atoms with van der Waals surface area (Å²) in [6.45, 7) is 6.39. The Morgan fingerprint density at radius 3 is 2.50 bits per heavy atom. The minimum Gasteiger partial charge on any atom is -0.388 e. The molecule has 0 aromatic carbocycles. The van der Waals surface area contributed by atoms with E-state index in [1.54, 1.807) is 0 Å². The summed E-state index contributed by atoms with van der Waals surface area (Å²) in [5.74, 6) is 0. The van der Waals surface area contributed by atoms with Gasteiger partial charge in [-0.05, 0) is 13.5 Å². The maximum Gasteiger partial charge on any atom is 0.0844 e. The van der Waals surface area contributed by atoms with Crippen LogP contribution < -0.4 is 5.73 Å². The molecule has 1 aliphatic rings. The fourth-order valence-corrected chi connectivity index (χ4v) is 1.99. The number of piperidine rings is 1. The fourth-order valence-electron chi connectivity index (χ4n) is 1.99. The summed E-state index contributed by atoms with van der Waals surface area (Å²) in [6.07, 6.45) is 0.785. The number of likely N-dealkylation sites (tertiary alicyclic amines) is 1. The van der Waals surface area contributed by atoms with Crippen molar-refractivity contribution in [3.05, 3.63) is 0 Å². The van der Waals surface area contributed by atoms with Gasteiger partial charge in [0.1, 0.15) is 0 Å². The van der Waals surface area contributed by atoms with Crippen LogP contribution in [-0.4, -0.2) is 42.3 Å². The SMILES string of the molecule is CN1CCC(O)(CN)C(C)(C)C1. The Labute approximate surface area is 74.5 Å². The molecule has 3 N–H and O–H groups in total. The highest BCUT2D eigenvalue weighted by Crippen LogP contribution is 2.37. The van der Waals surface area contributed by atoms with E-state index in [9.17, 15) is 5.11 Å². The zero-order chi connectivity index (χ0) is 9.41. The van der Waals surface area contributed by atoms with Gasteiger partial charge in [-0.25, -0.2) is 0 Å². The van der Waals surface area contributed by atoms with Gasteiger partial charge in [-0.3, -0.25) is 0 Å². The number of rotatable bonds is 1. The Hall–Kier alpha value is -0.120. The molecule has 1 fully saturated rings. The second kappa shape index (κ2) is 2.98. The van der Waals surface area contributed by atoms with Gasteiger partial charge in [0.05, 0.1) is 5.60 Å². The van der Waals surface area contributed by atoms with Crippen LogP contribution in [0.25, 0.3) is 0 Å². The molecule has 0 aromatic heterocycles. The molecule has 0 radical (unpaired) electrons. The largest absolute Gasteiger partial charge is 0.388 e. The highest BCUT2D eigenvalue weighted by atomic mass is 16.3. The van der Waals surface area contributed by atoms with Gasteiger partial charge in [0.2, 0.25) is 0 Å². The van der Waals surface area contributed by atoms with E-state index in [0.717, 1.165) is 19.5 Å². The molecule has 3 nitrogen and oxygen atoms in total. The number of nitrogens with two attached hydrogens (primary N) is 1. The van der Waals surface area contributed by atoms with Crippen molar-refractivity contribution in [2.24, 2.45) is 11.1 Å². The van der Waals surface area contributed by atoms with Crippen molar-refractivity contribution >= 4 is 0 Å². The zero-order valence-electron chi connectivity index (χ0n) is 8.30. The van der Waals surface area contributed by atoms with Gasteiger partial charge < -0.3 is 15.7 Å². The van der Waals surface area contributed by atoms with E-state index >= 15 is 0 Å². The Kier molecular flexibility index (Phi) is 2.47. The van der Waals surface area contributed by atoms with E-state index in [1.165, 1.54) is 0 Å². The first kappa shape index (κ1) is 9.96. The van der Waals surface area contributed by atoms with Gasteiger partial charge >= 0.3 is 0 Å². The first-order chi connectivity index (χ1) is 5.41. The molecule has 3 heteroatoms. The summed E-state index contributed by atoms with van der Waals surface area (Å²) in [6, 6.07) is 0. The van der Waals surface area contributed by atoms with Crippen LogP contribution in [0, 0.1) is 5.41 Å². The van der Waals surface area contributed by atoms with E-state index in [-0.39, 0.29) is 5.41 Å². The quantitative estimate of drug-likeness (QED) is 0.587. The Bertz CT molecular complexity index is 170. The lowest BCUT2D eigenvalue weighted by Crippen LogP contribution is -2.59. The van der Waals surface area contributed by atoms with E-state index in [0.29, 0.717) is 6.54 Å². The van der Waals surface area contributed by atoms with Gasteiger partial charge in [0.25, 0.3) is 0 Å². The van der Waals surface area contributed by atoms with Crippen LogP contribution in [0.5, 0.6) is 0 Å². The van der Waals surface area contributed by atoms with Crippen molar-refractivity contribution in [1.82, 2.24) is 4.90 Å². The fraction of sp³-hybridized carbons (Fsp3) is 1.00. The molecule has 0 bridgehead atoms. The molecule has 0 spiro atoms. The summed E-state index contributed by atoms with van der Waals surface area (Å²) < 4.78 is 0. The molecule has 1 unspecified atom stereocenters. The lowest BCUT2D eigenvalue weighted by atomic mass is 9.70. The van der Waals surface area contributed by atoms with Crippen molar-refractivity contribution in [3.63, 3.8) is 0 Å². The molecule has 1 atom stereocenters. The zero-order valence-corrected chi connectivity index (χ0v) is 8.30. The van der Waals surface area contributed by atoms with Crippen molar-refractivity contribution in [2.45, 2.75) is 25.9 Å². The van der Waals surface area contributed by atoms with E-state index in [1.807, 2.05) is 0 Å². The van der Waals surface area contributed by atoms with E-state index in [2.05, 4.69) is 25.8 Å². The van der Waals surface area contributed by atoms with Crippen molar-refractivity contribution in [2.75, 3.05) is 26.7 Å². The molecule has 12 heavy (non-hydrogen) atoms. The van der Waals surface area contributed by atoms with Gasteiger partial charge in [0.15, 0.2) is 0 Å². The minimum atomic E-state index is -0.667. The number of hydrogen-bond donors (Lipinski definition) is 2. The maximum absolute atomic E-state index is 10.2. The monoisotopic (exact) mass is 172 g/mol. The third-order valence-electron chi connectivity index (χ3n) is 3.17. The molecule has 1 rings (SSSR count). The first-order valence-corrected chi connectivity index (χ1v) is 4.52. The van der Waals surface area contributed by atoms with Crippen LogP contribution in [0.15, 0.2) is 0 Å². The predicted octanol–water partition coefficient (Wildman–Crippen LogP) is 0.0379. The van der Waals surface area contributed by atoms with Crippen LogP contribution in [0.1, 0.15) is 20.3 Å². The molecule has 0 aromatic rings. The Morgan fingerprint density at radius 1 is 1.50 bits per heavy atom. The van der Waals surface area contributed by atoms with Crippen LogP contribution >= 0.6 is 0 Å². The summed E-state index contributed by atoms with van der Waals surface area (Å²) in [4.78, 5) is 2.24. The molecular formula is C9H20N2O. The molecular weight excluding hydrogens is 152 g/mol. The average molecular weight is 172 g/mol. The second-order valence-electron chi connectivity index (χ2n) is 4.61. The third-order valence-corrected chi connectivity index (χ3v) is 3.17. The van der Waals surface area contributed by atoms with Crippen LogP contribution in [0.3, 0.4) is 0 Å². The lowest BCUT2D eigenvalue weighted by Gasteiger charge is -2.49. The molecule has 1 saturated heterocycles. The van der Waals surface area contributed by atoms with E-state index in [4.69, 9.17) is 5.73 Å². The van der Waals surface area contributed by atoms with Gasteiger partial charge in [0, 0.05) is 25.0 Å². The second-order valence-corrected chi connectivity index (χ2v) is 4.61. The van der Waals surface area contributed by atoms with Crippen molar-refractivity contribution < 1.29 is 5.11 Å². The smallest absolute Gasteiger partial charge is 0.0844 e. The van der Waals surface area contributed by atoms with Gasteiger partial charge in [-0.2, -0.15) is 0 Å². The minimum absolute atomic E-state index is 0.0885. The summed E-state index contributed by atoms with van der Waals surface area (Å²) in [7, 11) is 2.08. The molecule has 1 aliphatic heterocycles. The lowest BCUT2D eigenvalue weighted by molar-refractivity contribution is -0.106. The van der Waals surface area contributed by atoms with Crippen LogP contribution in [-0.2, 0) is 0 Å². The highest BCUT2D eigenvalue weighted by molar-refractivity contribution is 4.99. The number of hydrogen-bond acceptors (Lipinski definition) is 3. The molecule has 72 valence electrons. The number of nitrogens with zero attached hydrogens (tertiary/aromatic N) is 1. The highest BCUT2D eigenvalue weighted by Gasteiger charge is 2.45. The summed E-state index contributed by atoms with van der Waals surface area (Å²) in [5.41, 5.74) is 4.83. The number of aliphatic hydroxyl groups is 1. The topological polar surface area (TPSA) is 49.5 Å². The molecule has 1 heterocycles. The summed E-state index contributed by atoms with van der Waals surface area (Å²) >= 11 is 0. The molecule has 0 amide bonds.